The molecule has 0 aliphatic heterocycles. The summed E-state index contributed by atoms with van der Waals surface area (Å²) in [5.74, 6) is -1.61. The van der Waals surface area contributed by atoms with Crippen molar-refractivity contribution in [1.82, 2.24) is 0 Å². The van der Waals surface area contributed by atoms with Crippen LogP contribution < -0.4 is 4.74 Å². The second-order valence-corrected chi connectivity index (χ2v) is 4.22. The zero-order chi connectivity index (χ0) is 13.0. The lowest BCUT2D eigenvalue weighted by atomic mass is 9.93. The SMILES string of the molecule is CCCC(C)C(O)c1c(F)cc(OC)cc1F. The summed E-state index contributed by atoms with van der Waals surface area (Å²) in [6.45, 7) is 3.74. The van der Waals surface area contributed by atoms with Gasteiger partial charge in [-0.25, -0.2) is 8.78 Å². The van der Waals surface area contributed by atoms with Crippen molar-refractivity contribution in [1.29, 1.82) is 0 Å². The second-order valence-electron chi connectivity index (χ2n) is 4.22. The molecular formula is C13H18F2O2. The average molecular weight is 244 g/mol. The summed E-state index contributed by atoms with van der Waals surface area (Å²) in [7, 11) is 1.34. The number of methoxy groups -OCH3 is 1. The second kappa shape index (κ2) is 5.96. The molecule has 0 saturated heterocycles. The number of aliphatic hydroxyl groups excluding tert-OH is 1. The highest BCUT2D eigenvalue weighted by Gasteiger charge is 2.23. The first-order valence-corrected chi connectivity index (χ1v) is 5.72. The molecule has 96 valence electrons. The van der Waals surface area contributed by atoms with Gasteiger partial charge >= 0.3 is 0 Å². The Labute approximate surface area is 100 Å². The van der Waals surface area contributed by atoms with Crippen LogP contribution in [0.25, 0.3) is 0 Å². The van der Waals surface area contributed by atoms with Gasteiger partial charge in [0.05, 0.1) is 18.8 Å². The summed E-state index contributed by atoms with van der Waals surface area (Å²) < 4.78 is 32.1. The van der Waals surface area contributed by atoms with Gasteiger partial charge < -0.3 is 9.84 Å². The predicted octanol–water partition coefficient (Wildman–Crippen LogP) is 3.44. The maximum absolute atomic E-state index is 13.7. The molecule has 0 heterocycles. The summed E-state index contributed by atoms with van der Waals surface area (Å²) in [5.41, 5.74) is -0.272. The van der Waals surface area contributed by atoms with Gasteiger partial charge in [-0.2, -0.15) is 0 Å². The van der Waals surface area contributed by atoms with E-state index in [-0.39, 0.29) is 17.2 Å². The van der Waals surface area contributed by atoms with E-state index >= 15 is 0 Å². The lowest BCUT2D eigenvalue weighted by Gasteiger charge is -2.20. The van der Waals surface area contributed by atoms with E-state index in [0.717, 1.165) is 18.6 Å². The van der Waals surface area contributed by atoms with E-state index in [1.54, 1.807) is 6.92 Å². The standard InChI is InChI=1S/C13H18F2O2/c1-4-5-8(2)13(16)12-10(14)6-9(17-3)7-11(12)15/h6-8,13,16H,4-5H2,1-3H3. The molecule has 4 heteroatoms. The van der Waals surface area contributed by atoms with Crippen molar-refractivity contribution in [2.24, 2.45) is 5.92 Å². The Balaban J connectivity index is 3.05. The topological polar surface area (TPSA) is 29.5 Å². The molecule has 0 spiro atoms. The maximum atomic E-state index is 13.7. The van der Waals surface area contributed by atoms with Crippen molar-refractivity contribution in [3.63, 3.8) is 0 Å². The van der Waals surface area contributed by atoms with E-state index in [9.17, 15) is 13.9 Å². The molecule has 17 heavy (non-hydrogen) atoms. The van der Waals surface area contributed by atoms with Crippen LogP contribution in [0.15, 0.2) is 12.1 Å². The summed E-state index contributed by atoms with van der Waals surface area (Å²) in [6.07, 6.45) is 0.449. The van der Waals surface area contributed by atoms with E-state index in [4.69, 9.17) is 4.74 Å². The Morgan fingerprint density at radius 1 is 1.29 bits per heavy atom. The van der Waals surface area contributed by atoms with Gasteiger partial charge in [0.15, 0.2) is 0 Å². The molecule has 0 amide bonds. The van der Waals surface area contributed by atoms with Crippen LogP contribution in [0.5, 0.6) is 5.75 Å². The largest absolute Gasteiger partial charge is 0.497 e. The van der Waals surface area contributed by atoms with Gasteiger partial charge in [-0.3, -0.25) is 0 Å². The van der Waals surface area contributed by atoms with Crippen LogP contribution in [0.4, 0.5) is 8.78 Å². The van der Waals surface area contributed by atoms with Crippen LogP contribution in [0.3, 0.4) is 0 Å². The third kappa shape index (κ3) is 3.16. The van der Waals surface area contributed by atoms with Crippen LogP contribution in [-0.2, 0) is 0 Å². The van der Waals surface area contributed by atoms with Crippen molar-refractivity contribution in [2.45, 2.75) is 32.8 Å². The highest BCUT2D eigenvalue weighted by Crippen LogP contribution is 2.31. The molecule has 0 saturated carbocycles. The van der Waals surface area contributed by atoms with Crippen LogP contribution in [-0.4, -0.2) is 12.2 Å². The minimum atomic E-state index is -1.12. The highest BCUT2D eigenvalue weighted by atomic mass is 19.1. The third-order valence-electron chi connectivity index (χ3n) is 2.87. The Hall–Kier alpha value is -1.16. The summed E-state index contributed by atoms with van der Waals surface area (Å²) in [4.78, 5) is 0. The first kappa shape index (κ1) is 13.9. The Morgan fingerprint density at radius 2 is 1.82 bits per heavy atom. The molecule has 1 aromatic rings. The molecule has 1 aromatic carbocycles. The van der Waals surface area contributed by atoms with Gasteiger partial charge in [0.25, 0.3) is 0 Å². The number of halogens is 2. The zero-order valence-electron chi connectivity index (χ0n) is 10.3. The molecule has 1 rings (SSSR count). The van der Waals surface area contributed by atoms with E-state index in [1.807, 2.05) is 6.92 Å². The Bertz CT molecular complexity index is 357. The molecule has 1 N–H and O–H groups in total. The Morgan fingerprint density at radius 3 is 2.24 bits per heavy atom. The van der Waals surface area contributed by atoms with Crippen LogP contribution in [0, 0.1) is 17.6 Å². The van der Waals surface area contributed by atoms with Crippen molar-refractivity contribution < 1.29 is 18.6 Å². The quantitative estimate of drug-likeness (QED) is 0.859. The summed E-state index contributed by atoms with van der Waals surface area (Å²) in [6, 6.07) is 2.17. The summed E-state index contributed by atoms with van der Waals surface area (Å²) >= 11 is 0. The van der Waals surface area contributed by atoms with E-state index in [2.05, 4.69) is 0 Å². The molecule has 0 aliphatic rings. The minimum absolute atomic E-state index is 0.110. The fraction of sp³-hybridized carbons (Fsp3) is 0.538. The van der Waals surface area contributed by atoms with Crippen LogP contribution >= 0.6 is 0 Å². The molecule has 2 atom stereocenters. The molecule has 2 unspecified atom stereocenters. The van der Waals surface area contributed by atoms with Gasteiger partial charge in [0, 0.05) is 12.1 Å². The normalized spacial score (nSPS) is 14.5. The molecule has 0 radical (unpaired) electrons. The number of aliphatic hydroxyl groups is 1. The maximum Gasteiger partial charge on any atom is 0.135 e. The third-order valence-corrected chi connectivity index (χ3v) is 2.87. The van der Waals surface area contributed by atoms with Crippen LogP contribution in [0.1, 0.15) is 38.4 Å². The molecular weight excluding hydrogens is 226 g/mol. The minimum Gasteiger partial charge on any atom is -0.497 e. The van der Waals surface area contributed by atoms with Gasteiger partial charge in [0.1, 0.15) is 17.4 Å². The first-order valence-electron chi connectivity index (χ1n) is 5.72. The zero-order valence-corrected chi connectivity index (χ0v) is 10.3. The predicted molar refractivity (Wildman–Crippen MR) is 61.9 cm³/mol. The lowest BCUT2D eigenvalue weighted by molar-refractivity contribution is 0.104. The first-order chi connectivity index (χ1) is 8.01. The Kier molecular flexibility index (Phi) is 4.87. The molecule has 0 fully saturated rings. The smallest absolute Gasteiger partial charge is 0.135 e. The van der Waals surface area contributed by atoms with Crippen molar-refractivity contribution in [3.8, 4) is 5.75 Å². The molecule has 0 aromatic heterocycles. The number of benzene rings is 1. The fourth-order valence-corrected chi connectivity index (χ4v) is 1.86. The van der Waals surface area contributed by atoms with Gasteiger partial charge in [-0.05, 0) is 12.3 Å². The average Bonchev–Trinajstić information content (AvgIpc) is 2.28. The number of hydrogen-bond acceptors (Lipinski definition) is 2. The molecule has 2 nitrogen and oxygen atoms in total. The van der Waals surface area contributed by atoms with Crippen molar-refractivity contribution in [2.75, 3.05) is 7.11 Å². The number of ether oxygens (including phenoxy) is 1. The highest BCUT2D eigenvalue weighted by molar-refractivity contribution is 5.32. The van der Waals surface area contributed by atoms with Crippen molar-refractivity contribution in [3.05, 3.63) is 29.3 Å². The van der Waals surface area contributed by atoms with Crippen LogP contribution in [0.2, 0.25) is 0 Å². The number of hydrogen-bond donors (Lipinski definition) is 1. The molecule has 0 bridgehead atoms. The van der Waals surface area contributed by atoms with Crippen molar-refractivity contribution >= 4 is 0 Å². The van der Waals surface area contributed by atoms with E-state index in [0.29, 0.717) is 6.42 Å². The van der Waals surface area contributed by atoms with E-state index in [1.165, 1.54) is 7.11 Å². The monoisotopic (exact) mass is 244 g/mol. The molecule has 0 aliphatic carbocycles. The van der Waals surface area contributed by atoms with Gasteiger partial charge in [0.2, 0.25) is 0 Å². The number of rotatable bonds is 5. The fourth-order valence-electron chi connectivity index (χ4n) is 1.86. The van der Waals surface area contributed by atoms with Gasteiger partial charge in [-0.1, -0.05) is 20.3 Å². The van der Waals surface area contributed by atoms with E-state index < -0.39 is 17.7 Å². The van der Waals surface area contributed by atoms with Gasteiger partial charge in [-0.15, -0.1) is 0 Å². The lowest BCUT2D eigenvalue weighted by Crippen LogP contribution is -2.13. The summed E-state index contributed by atoms with van der Waals surface area (Å²) in [5, 5.41) is 9.92.